The molecule has 0 aliphatic heterocycles. The van der Waals surface area contributed by atoms with E-state index in [1.165, 1.54) is 0 Å². The van der Waals surface area contributed by atoms with Gasteiger partial charge in [0.2, 0.25) is 0 Å². The monoisotopic (exact) mass is 395 g/mol. The number of aliphatic hydroxyl groups excluding tert-OH is 1. The second-order valence-corrected chi connectivity index (χ2v) is 7.50. The number of pyridine rings is 1. The van der Waals surface area contributed by atoms with Gasteiger partial charge in [0, 0.05) is 17.8 Å². The molecule has 28 heavy (non-hydrogen) atoms. The summed E-state index contributed by atoms with van der Waals surface area (Å²) in [5.41, 5.74) is 5.52. The third-order valence-corrected chi connectivity index (χ3v) is 5.02. The van der Waals surface area contributed by atoms with Crippen LogP contribution < -0.4 is 10.9 Å². The van der Waals surface area contributed by atoms with Crippen molar-refractivity contribution in [3.05, 3.63) is 75.1 Å². The predicted octanol–water partition coefficient (Wildman–Crippen LogP) is 3.64. The number of nitrogens with one attached hydrogen (secondary N) is 2. The predicted molar refractivity (Wildman–Crippen MR) is 119 cm³/mol. The number of aliphatic hydroxyl groups is 1. The van der Waals surface area contributed by atoms with Crippen LogP contribution in [0.3, 0.4) is 0 Å². The summed E-state index contributed by atoms with van der Waals surface area (Å²) in [5, 5.41) is 14.1. The van der Waals surface area contributed by atoms with Crippen LogP contribution in [0.2, 0.25) is 0 Å². The minimum absolute atomic E-state index is 0.0562. The molecule has 3 rings (SSSR count). The molecule has 5 nitrogen and oxygen atoms in total. The SMILES string of the molecule is Cc1cccc(NC(=S)N(CCO)Cc2cc3cc(C)cc(C)c3[nH]c2=O)c1. The largest absolute Gasteiger partial charge is 0.395 e. The molecule has 2 aromatic carbocycles. The molecule has 1 heterocycles. The molecule has 146 valence electrons. The van der Waals surface area contributed by atoms with Crippen LogP contribution in [0.15, 0.2) is 47.3 Å². The van der Waals surface area contributed by atoms with Gasteiger partial charge in [-0.05, 0) is 73.8 Å². The summed E-state index contributed by atoms with van der Waals surface area (Å²) < 4.78 is 0. The Kier molecular flexibility index (Phi) is 6.11. The fourth-order valence-corrected chi connectivity index (χ4v) is 3.63. The molecule has 0 saturated heterocycles. The lowest BCUT2D eigenvalue weighted by molar-refractivity contribution is 0.248. The molecule has 1 aromatic heterocycles. The highest BCUT2D eigenvalue weighted by Crippen LogP contribution is 2.19. The summed E-state index contributed by atoms with van der Waals surface area (Å²) in [6.45, 7) is 6.64. The maximum atomic E-state index is 12.6. The smallest absolute Gasteiger partial charge is 0.253 e. The average Bonchev–Trinajstić information content (AvgIpc) is 2.62. The highest BCUT2D eigenvalue weighted by molar-refractivity contribution is 7.80. The third kappa shape index (κ3) is 4.58. The number of thiocarbonyl (C=S) groups is 1. The molecule has 0 saturated carbocycles. The van der Waals surface area contributed by atoms with E-state index in [9.17, 15) is 9.90 Å². The summed E-state index contributed by atoms with van der Waals surface area (Å²) in [6.07, 6.45) is 0. The van der Waals surface area contributed by atoms with Gasteiger partial charge in [0.05, 0.1) is 18.7 Å². The number of benzene rings is 2. The first-order valence-electron chi connectivity index (χ1n) is 9.24. The Morgan fingerprint density at radius 3 is 2.64 bits per heavy atom. The number of hydrogen-bond acceptors (Lipinski definition) is 3. The Morgan fingerprint density at radius 2 is 1.93 bits per heavy atom. The van der Waals surface area contributed by atoms with E-state index >= 15 is 0 Å². The number of aryl methyl sites for hydroxylation is 3. The molecule has 0 radical (unpaired) electrons. The molecule has 0 fully saturated rings. The highest BCUT2D eigenvalue weighted by Gasteiger charge is 2.14. The molecule has 6 heteroatoms. The van der Waals surface area contributed by atoms with Crippen LogP contribution in [-0.2, 0) is 6.54 Å². The van der Waals surface area contributed by atoms with Gasteiger partial charge in [0.1, 0.15) is 0 Å². The first-order valence-corrected chi connectivity index (χ1v) is 9.65. The lowest BCUT2D eigenvalue weighted by atomic mass is 10.1. The Labute approximate surface area is 170 Å². The van der Waals surface area contributed by atoms with Gasteiger partial charge in [-0.3, -0.25) is 4.79 Å². The number of hydrogen-bond donors (Lipinski definition) is 3. The van der Waals surface area contributed by atoms with Crippen molar-refractivity contribution in [1.82, 2.24) is 9.88 Å². The fourth-order valence-electron chi connectivity index (χ4n) is 3.35. The standard InChI is InChI=1S/C22H25N3O2S/c1-14-5-4-6-19(11-14)23-22(28)25(7-8-26)13-18-12-17-10-15(2)9-16(3)20(17)24-21(18)27/h4-6,9-12,26H,7-8,13H2,1-3H3,(H,23,28)(H,24,27). The van der Waals surface area contributed by atoms with Crippen LogP contribution in [0.1, 0.15) is 22.3 Å². The molecule has 0 spiro atoms. The lowest BCUT2D eigenvalue weighted by Gasteiger charge is -2.25. The van der Waals surface area contributed by atoms with Crippen molar-refractivity contribution >= 4 is 33.9 Å². The van der Waals surface area contributed by atoms with E-state index in [0.717, 1.165) is 33.3 Å². The van der Waals surface area contributed by atoms with E-state index in [-0.39, 0.29) is 12.2 Å². The molecule has 0 aliphatic carbocycles. The molecule has 3 aromatic rings. The van der Waals surface area contributed by atoms with E-state index in [4.69, 9.17) is 12.2 Å². The van der Waals surface area contributed by atoms with Crippen LogP contribution in [0.4, 0.5) is 5.69 Å². The van der Waals surface area contributed by atoms with Crippen molar-refractivity contribution in [2.45, 2.75) is 27.3 Å². The van der Waals surface area contributed by atoms with Gasteiger partial charge < -0.3 is 20.3 Å². The van der Waals surface area contributed by atoms with Crippen molar-refractivity contribution in [3.8, 4) is 0 Å². The van der Waals surface area contributed by atoms with Crippen LogP contribution in [0.5, 0.6) is 0 Å². The second kappa shape index (κ2) is 8.54. The maximum absolute atomic E-state index is 12.6. The van der Waals surface area contributed by atoms with Gasteiger partial charge in [-0.15, -0.1) is 0 Å². The fraction of sp³-hybridized carbons (Fsp3) is 0.273. The van der Waals surface area contributed by atoms with Crippen molar-refractivity contribution in [3.63, 3.8) is 0 Å². The molecule has 0 atom stereocenters. The van der Waals surface area contributed by atoms with Crippen molar-refractivity contribution in [2.24, 2.45) is 0 Å². The molecular weight excluding hydrogens is 370 g/mol. The molecule has 3 N–H and O–H groups in total. The van der Waals surface area contributed by atoms with Gasteiger partial charge in [-0.1, -0.05) is 23.8 Å². The Balaban J connectivity index is 1.88. The molecule has 0 aliphatic rings. The summed E-state index contributed by atoms with van der Waals surface area (Å²) >= 11 is 5.54. The topological polar surface area (TPSA) is 68.4 Å². The number of nitrogens with zero attached hydrogens (tertiary/aromatic N) is 1. The minimum atomic E-state index is -0.138. The van der Waals surface area contributed by atoms with E-state index in [1.54, 1.807) is 4.90 Å². The van der Waals surface area contributed by atoms with E-state index in [0.29, 0.717) is 23.8 Å². The van der Waals surface area contributed by atoms with E-state index < -0.39 is 0 Å². The van der Waals surface area contributed by atoms with Crippen LogP contribution in [0.25, 0.3) is 10.9 Å². The zero-order valence-corrected chi connectivity index (χ0v) is 17.2. The minimum Gasteiger partial charge on any atom is -0.395 e. The summed E-state index contributed by atoms with van der Waals surface area (Å²) in [5.74, 6) is 0. The van der Waals surface area contributed by atoms with Gasteiger partial charge in [-0.25, -0.2) is 0 Å². The van der Waals surface area contributed by atoms with Crippen LogP contribution in [0, 0.1) is 20.8 Å². The molecule has 0 bridgehead atoms. The Bertz CT molecular complexity index is 1080. The number of fused-ring (bicyclic) bond motifs is 1. The highest BCUT2D eigenvalue weighted by atomic mass is 32.1. The summed E-state index contributed by atoms with van der Waals surface area (Å²) in [6, 6.07) is 13.9. The van der Waals surface area contributed by atoms with Crippen LogP contribution >= 0.6 is 12.2 Å². The summed E-state index contributed by atoms with van der Waals surface area (Å²) in [4.78, 5) is 17.4. The van der Waals surface area contributed by atoms with E-state index in [2.05, 4.69) is 22.4 Å². The molecule has 0 amide bonds. The number of anilines is 1. The van der Waals surface area contributed by atoms with Gasteiger partial charge in [0.25, 0.3) is 5.56 Å². The third-order valence-electron chi connectivity index (χ3n) is 4.66. The Morgan fingerprint density at radius 1 is 1.14 bits per heavy atom. The average molecular weight is 396 g/mol. The summed E-state index contributed by atoms with van der Waals surface area (Å²) in [7, 11) is 0. The number of H-pyrrole nitrogens is 1. The molecular formula is C22H25N3O2S. The normalized spacial score (nSPS) is 10.9. The first-order chi connectivity index (χ1) is 13.4. The van der Waals surface area contributed by atoms with E-state index in [1.807, 2.05) is 51.1 Å². The quantitative estimate of drug-likeness (QED) is 0.576. The number of aromatic amines is 1. The zero-order valence-electron chi connectivity index (χ0n) is 16.4. The van der Waals surface area contributed by atoms with Crippen LogP contribution in [-0.4, -0.2) is 33.3 Å². The second-order valence-electron chi connectivity index (χ2n) is 7.11. The first kappa shape index (κ1) is 20.0. The maximum Gasteiger partial charge on any atom is 0.253 e. The van der Waals surface area contributed by atoms with Crippen molar-refractivity contribution in [1.29, 1.82) is 0 Å². The van der Waals surface area contributed by atoms with Gasteiger partial charge in [0.15, 0.2) is 5.11 Å². The van der Waals surface area contributed by atoms with Crippen molar-refractivity contribution < 1.29 is 5.11 Å². The zero-order chi connectivity index (χ0) is 20.3. The number of rotatable bonds is 5. The number of aromatic nitrogens is 1. The lowest BCUT2D eigenvalue weighted by Crippen LogP contribution is -2.37. The van der Waals surface area contributed by atoms with Crippen molar-refractivity contribution in [2.75, 3.05) is 18.5 Å². The van der Waals surface area contributed by atoms with Gasteiger partial charge >= 0.3 is 0 Å². The van der Waals surface area contributed by atoms with Gasteiger partial charge in [-0.2, -0.15) is 0 Å². The Hall–Kier alpha value is -2.70. The molecule has 0 unspecified atom stereocenters.